The Bertz CT molecular complexity index is 384. The van der Waals surface area contributed by atoms with Crippen molar-refractivity contribution in [2.45, 2.75) is 13.3 Å². The number of anilines is 1. The largest absolute Gasteiger partial charge is 0.461 e. The number of hydrogen-bond acceptors (Lipinski definition) is 6. The Morgan fingerprint density at radius 3 is 2.94 bits per heavy atom. The maximum absolute atomic E-state index is 12.3. The van der Waals surface area contributed by atoms with E-state index in [4.69, 9.17) is 9.52 Å². The third kappa shape index (κ3) is 3.95. The molecule has 1 N–H and O–H groups in total. The molecular formula is C10H14F2N2O4. The van der Waals surface area contributed by atoms with Gasteiger partial charge in [-0.15, -0.1) is 0 Å². The summed E-state index contributed by atoms with van der Waals surface area (Å²) in [5.74, 6) is -0.687. The second-order valence-corrected chi connectivity index (χ2v) is 3.30. The van der Waals surface area contributed by atoms with Crippen molar-refractivity contribution < 1.29 is 27.8 Å². The Morgan fingerprint density at radius 1 is 1.67 bits per heavy atom. The number of hydrogen-bond donors (Lipinski definition) is 1. The zero-order chi connectivity index (χ0) is 13.5. The number of carbonyl (C=O) groups excluding carboxylic acids is 1. The van der Waals surface area contributed by atoms with Crippen LogP contribution in [-0.4, -0.2) is 48.8 Å². The molecule has 0 saturated carbocycles. The quantitative estimate of drug-likeness (QED) is 0.738. The SMILES string of the molecule is CCOC(=O)c1coc(N(CCO)CC(F)F)n1. The summed E-state index contributed by atoms with van der Waals surface area (Å²) in [7, 11) is 0. The zero-order valence-electron chi connectivity index (χ0n) is 9.81. The highest BCUT2D eigenvalue weighted by Crippen LogP contribution is 2.15. The molecule has 1 aromatic rings. The van der Waals surface area contributed by atoms with Gasteiger partial charge in [0.1, 0.15) is 6.26 Å². The number of aromatic nitrogens is 1. The summed E-state index contributed by atoms with van der Waals surface area (Å²) in [4.78, 5) is 16.1. The first-order valence-electron chi connectivity index (χ1n) is 5.35. The van der Waals surface area contributed by atoms with Crippen LogP contribution in [0.25, 0.3) is 0 Å². The van der Waals surface area contributed by atoms with Gasteiger partial charge in [0.2, 0.25) is 0 Å². The van der Waals surface area contributed by atoms with E-state index in [-0.39, 0.29) is 31.5 Å². The van der Waals surface area contributed by atoms with Crippen LogP contribution in [0.5, 0.6) is 0 Å². The molecule has 0 radical (unpaired) electrons. The van der Waals surface area contributed by atoms with Gasteiger partial charge in [-0.05, 0) is 6.92 Å². The first-order chi connectivity index (χ1) is 8.58. The molecule has 8 heteroatoms. The van der Waals surface area contributed by atoms with Crippen molar-refractivity contribution in [3.63, 3.8) is 0 Å². The number of aliphatic hydroxyl groups excluding tert-OH is 1. The van der Waals surface area contributed by atoms with Crippen LogP contribution >= 0.6 is 0 Å². The van der Waals surface area contributed by atoms with Gasteiger partial charge in [-0.1, -0.05) is 0 Å². The molecular weight excluding hydrogens is 250 g/mol. The Morgan fingerprint density at radius 2 is 2.39 bits per heavy atom. The number of ether oxygens (including phenoxy) is 1. The minimum Gasteiger partial charge on any atom is -0.461 e. The average molecular weight is 264 g/mol. The lowest BCUT2D eigenvalue weighted by Gasteiger charge is -2.18. The molecule has 1 heterocycles. The molecule has 18 heavy (non-hydrogen) atoms. The second kappa shape index (κ2) is 6.90. The maximum Gasteiger partial charge on any atom is 0.360 e. The van der Waals surface area contributed by atoms with Crippen LogP contribution in [0.1, 0.15) is 17.4 Å². The van der Waals surface area contributed by atoms with Gasteiger partial charge in [-0.2, -0.15) is 4.98 Å². The summed E-state index contributed by atoms with van der Waals surface area (Å²) in [6.45, 7) is 0.784. The number of rotatable bonds is 7. The lowest BCUT2D eigenvalue weighted by Crippen LogP contribution is -2.31. The summed E-state index contributed by atoms with van der Waals surface area (Å²) in [5.41, 5.74) is -0.0935. The fraction of sp³-hybridized carbons (Fsp3) is 0.600. The van der Waals surface area contributed by atoms with Crippen molar-refractivity contribution in [3.05, 3.63) is 12.0 Å². The predicted octanol–water partition coefficient (Wildman–Crippen LogP) is 0.915. The first kappa shape index (κ1) is 14.4. The van der Waals surface area contributed by atoms with Crippen molar-refractivity contribution in [2.75, 3.05) is 31.2 Å². The van der Waals surface area contributed by atoms with E-state index in [0.29, 0.717) is 0 Å². The molecule has 1 rings (SSSR count). The number of carbonyl (C=O) groups is 1. The standard InChI is InChI=1S/C10H14F2N2O4/c1-2-17-9(16)7-6-18-10(13-7)14(3-4-15)5-8(11)12/h6,8,15H,2-5H2,1H3. The van der Waals surface area contributed by atoms with Crippen LogP contribution < -0.4 is 4.90 Å². The van der Waals surface area contributed by atoms with Crippen LogP contribution in [-0.2, 0) is 4.74 Å². The molecule has 0 aliphatic rings. The van der Waals surface area contributed by atoms with Crippen molar-refractivity contribution >= 4 is 12.0 Å². The van der Waals surface area contributed by atoms with E-state index in [9.17, 15) is 13.6 Å². The van der Waals surface area contributed by atoms with E-state index >= 15 is 0 Å². The molecule has 0 bridgehead atoms. The molecule has 102 valence electrons. The van der Waals surface area contributed by atoms with Crippen molar-refractivity contribution in [3.8, 4) is 0 Å². The summed E-state index contributed by atoms with van der Waals surface area (Å²) < 4.78 is 34.2. The molecule has 0 spiro atoms. The fourth-order valence-corrected chi connectivity index (χ4v) is 1.26. The molecule has 0 fully saturated rings. The van der Waals surface area contributed by atoms with Crippen LogP contribution in [0.4, 0.5) is 14.8 Å². The van der Waals surface area contributed by atoms with Gasteiger partial charge in [0.25, 0.3) is 12.4 Å². The molecule has 0 aromatic carbocycles. The number of esters is 1. The number of alkyl halides is 2. The van der Waals surface area contributed by atoms with Crippen LogP contribution in [0.3, 0.4) is 0 Å². The summed E-state index contributed by atoms with van der Waals surface area (Å²) in [6, 6.07) is -0.146. The predicted molar refractivity (Wildman–Crippen MR) is 57.8 cm³/mol. The summed E-state index contributed by atoms with van der Waals surface area (Å²) in [6.07, 6.45) is -1.57. The van der Waals surface area contributed by atoms with Crippen molar-refractivity contribution in [1.29, 1.82) is 0 Å². The molecule has 0 aliphatic carbocycles. The highest BCUT2D eigenvalue weighted by atomic mass is 19.3. The molecule has 6 nitrogen and oxygen atoms in total. The van der Waals surface area contributed by atoms with Gasteiger partial charge in [0.15, 0.2) is 5.69 Å². The van der Waals surface area contributed by atoms with Crippen LogP contribution in [0.15, 0.2) is 10.7 Å². The molecule has 0 atom stereocenters. The minimum absolute atomic E-state index is 0.0624. The van der Waals surface area contributed by atoms with E-state index in [0.717, 1.165) is 11.2 Å². The van der Waals surface area contributed by atoms with Gasteiger partial charge in [-0.25, -0.2) is 13.6 Å². The van der Waals surface area contributed by atoms with E-state index in [1.54, 1.807) is 6.92 Å². The first-order valence-corrected chi connectivity index (χ1v) is 5.35. The molecule has 0 saturated heterocycles. The summed E-state index contributed by atoms with van der Waals surface area (Å²) in [5, 5.41) is 8.76. The Labute approximate surface area is 102 Å². The van der Waals surface area contributed by atoms with Crippen LogP contribution in [0, 0.1) is 0 Å². The van der Waals surface area contributed by atoms with Crippen molar-refractivity contribution in [2.24, 2.45) is 0 Å². The normalized spacial score (nSPS) is 10.7. The fourth-order valence-electron chi connectivity index (χ4n) is 1.26. The zero-order valence-corrected chi connectivity index (χ0v) is 9.81. The lowest BCUT2D eigenvalue weighted by molar-refractivity contribution is 0.0519. The van der Waals surface area contributed by atoms with E-state index in [1.807, 2.05) is 0 Å². The molecule has 0 aliphatic heterocycles. The monoisotopic (exact) mass is 264 g/mol. The van der Waals surface area contributed by atoms with Gasteiger partial charge in [0.05, 0.1) is 19.8 Å². The highest BCUT2D eigenvalue weighted by molar-refractivity contribution is 5.87. The Balaban J connectivity index is 2.76. The van der Waals surface area contributed by atoms with E-state index in [1.165, 1.54) is 0 Å². The average Bonchev–Trinajstić information content (AvgIpc) is 2.77. The number of nitrogens with zero attached hydrogens (tertiary/aromatic N) is 2. The van der Waals surface area contributed by atoms with Gasteiger partial charge in [-0.3, -0.25) is 0 Å². The highest BCUT2D eigenvalue weighted by Gasteiger charge is 2.20. The Kier molecular flexibility index (Phi) is 5.50. The van der Waals surface area contributed by atoms with Gasteiger partial charge < -0.3 is 19.2 Å². The van der Waals surface area contributed by atoms with Gasteiger partial charge in [0, 0.05) is 6.54 Å². The van der Waals surface area contributed by atoms with Crippen LogP contribution in [0.2, 0.25) is 0 Å². The maximum atomic E-state index is 12.3. The lowest BCUT2D eigenvalue weighted by atomic mass is 10.5. The third-order valence-electron chi connectivity index (χ3n) is 1.98. The number of halogens is 2. The Hall–Kier alpha value is -1.70. The topological polar surface area (TPSA) is 75.8 Å². The number of aliphatic hydroxyl groups is 1. The van der Waals surface area contributed by atoms with Gasteiger partial charge >= 0.3 is 5.97 Å². The van der Waals surface area contributed by atoms with Crippen molar-refractivity contribution in [1.82, 2.24) is 4.98 Å². The van der Waals surface area contributed by atoms with E-state index < -0.39 is 18.9 Å². The smallest absolute Gasteiger partial charge is 0.360 e. The number of oxazole rings is 1. The second-order valence-electron chi connectivity index (χ2n) is 3.30. The molecule has 0 amide bonds. The molecule has 0 unspecified atom stereocenters. The molecule has 1 aromatic heterocycles. The third-order valence-corrected chi connectivity index (χ3v) is 1.98. The van der Waals surface area contributed by atoms with E-state index in [2.05, 4.69) is 9.72 Å². The summed E-state index contributed by atoms with van der Waals surface area (Å²) >= 11 is 0. The minimum atomic E-state index is -2.60.